The third-order valence-corrected chi connectivity index (χ3v) is 5.33. The largest absolute Gasteiger partial charge is 0.236 e. The topological polar surface area (TPSA) is 25.8 Å². The van der Waals surface area contributed by atoms with Gasteiger partial charge in [-0.1, -0.05) is 64.5 Å². The molecular formula is C17H15BrN2S. The predicted octanol–water partition coefficient (Wildman–Crippen LogP) is 4.90. The second kappa shape index (κ2) is 7.05. The quantitative estimate of drug-likeness (QED) is 0.368. The Kier molecular flexibility index (Phi) is 4.88. The second-order valence-electron chi connectivity index (χ2n) is 4.77. The third-order valence-electron chi connectivity index (χ3n) is 3.38. The van der Waals surface area contributed by atoms with Gasteiger partial charge in [0, 0.05) is 22.4 Å². The van der Waals surface area contributed by atoms with E-state index in [1.54, 1.807) is 18.1 Å². The van der Waals surface area contributed by atoms with Crippen LogP contribution in [-0.2, 0) is 0 Å². The molecule has 2 aromatic carbocycles. The van der Waals surface area contributed by atoms with Crippen LogP contribution in [-0.4, -0.2) is 21.1 Å². The Morgan fingerprint density at radius 2 is 1.71 bits per heavy atom. The van der Waals surface area contributed by atoms with Crippen molar-refractivity contribution in [1.29, 1.82) is 0 Å². The highest BCUT2D eigenvalue weighted by atomic mass is 79.9. The molecule has 0 spiro atoms. The maximum atomic E-state index is 4.44. The van der Waals surface area contributed by atoms with Gasteiger partial charge < -0.3 is 0 Å². The van der Waals surface area contributed by atoms with Gasteiger partial charge in [-0.25, -0.2) is 9.97 Å². The highest BCUT2D eigenvalue weighted by Gasteiger charge is 2.12. The number of nitrogens with zero attached hydrogens (tertiary/aromatic N) is 2. The summed E-state index contributed by atoms with van der Waals surface area (Å²) < 4.78 is 0. The molecule has 0 saturated heterocycles. The normalized spacial score (nSPS) is 12.4. The van der Waals surface area contributed by atoms with E-state index in [1.165, 1.54) is 5.56 Å². The molecule has 3 rings (SSSR count). The Hall–Kier alpha value is -1.39. The monoisotopic (exact) mass is 358 g/mol. The Morgan fingerprint density at radius 3 is 2.52 bits per heavy atom. The number of hydrogen-bond donors (Lipinski definition) is 0. The van der Waals surface area contributed by atoms with Gasteiger partial charge >= 0.3 is 0 Å². The Bertz CT molecular complexity index is 713. The molecule has 1 heterocycles. The van der Waals surface area contributed by atoms with E-state index in [0.717, 1.165) is 27.0 Å². The summed E-state index contributed by atoms with van der Waals surface area (Å²) >= 11 is 5.43. The van der Waals surface area contributed by atoms with E-state index in [1.807, 2.05) is 18.2 Å². The van der Waals surface area contributed by atoms with Crippen molar-refractivity contribution in [2.45, 2.75) is 10.9 Å². The minimum atomic E-state index is 0.477. The van der Waals surface area contributed by atoms with Crippen molar-refractivity contribution in [3.05, 3.63) is 66.5 Å². The van der Waals surface area contributed by atoms with Gasteiger partial charge in [-0.3, -0.25) is 0 Å². The van der Waals surface area contributed by atoms with Crippen molar-refractivity contribution in [2.75, 3.05) is 11.1 Å². The molecule has 0 aliphatic carbocycles. The summed E-state index contributed by atoms with van der Waals surface area (Å²) in [5.41, 5.74) is 2.37. The van der Waals surface area contributed by atoms with Crippen LogP contribution < -0.4 is 0 Å². The molecule has 0 bridgehead atoms. The molecule has 0 saturated carbocycles. The molecule has 3 aromatic rings. The van der Waals surface area contributed by atoms with Crippen molar-refractivity contribution in [2.24, 2.45) is 0 Å². The lowest BCUT2D eigenvalue weighted by molar-refractivity contribution is 0.900. The number of para-hydroxylation sites is 1. The van der Waals surface area contributed by atoms with Crippen molar-refractivity contribution >= 4 is 38.6 Å². The highest BCUT2D eigenvalue weighted by molar-refractivity contribution is 9.09. The number of fused-ring (bicyclic) bond motifs is 1. The molecule has 106 valence electrons. The molecular weight excluding hydrogens is 344 g/mol. The SMILES string of the molecule is BrCC(CSc1ncnc2ccccc12)c1ccccc1. The fraction of sp³-hybridized carbons (Fsp3) is 0.176. The van der Waals surface area contributed by atoms with Crippen LogP contribution in [0.1, 0.15) is 11.5 Å². The van der Waals surface area contributed by atoms with Crippen LogP contribution in [0, 0.1) is 0 Å². The van der Waals surface area contributed by atoms with E-state index in [-0.39, 0.29) is 0 Å². The number of rotatable bonds is 5. The van der Waals surface area contributed by atoms with Crippen LogP contribution in [0.4, 0.5) is 0 Å². The van der Waals surface area contributed by atoms with Crippen LogP contribution in [0.15, 0.2) is 66.0 Å². The van der Waals surface area contributed by atoms with Gasteiger partial charge in [0.05, 0.1) is 5.52 Å². The van der Waals surface area contributed by atoms with E-state index in [9.17, 15) is 0 Å². The first-order valence-corrected chi connectivity index (χ1v) is 8.92. The molecule has 1 atom stereocenters. The smallest absolute Gasteiger partial charge is 0.117 e. The zero-order valence-corrected chi connectivity index (χ0v) is 13.8. The van der Waals surface area contributed by atoms with Crippen molar-refractivity contribution in [3.63, 3.8) is 0 Å². The number of thioether (sulfide) groups is 1. The van der Waals surface area contributed by atoms with Crippen molar-refractivity contribution in [1.82, 2.24) is 9.97 Å². The fourth-order valence-corrected chi connectivity index (χ4v) is 4.25. The molecule has 21 heavy (non-hydrogen) atoms. The lowest BCUT2D eigenvalue weighted by atomic mass is 10.0. The summed E-state index contributed by atoms with van der Waals surface area (Å²) in [5.74, 6) is 1.47. The molecule has 0 amide bonds. The summed E-state index contributed by atoms with van der Waals surface area (Å²) in [6, 6.07) is 18.8. The molecule has 0 aliphatic rings. The number of alkyl halides is 1. The van der Waals surface area contributed by atoms with E-state index >= 15 is 0 Å². The Morgan fingerprint density at radius 1 is 0.952 bits per heavy atom. The summed E-state index contributed by atoms with van der Waals surface area (Å²) in [4.78, 5) is 8.76. The molecule has 4 heteroatoms. The van der Waals surface area contributed by atoms with Gasteiger partial charge in [0.15, 0.2) is 0 Å². The third kappa shape index (κ3) is 3.44. The molecule has 1 aromatic heterocycles. The second-order valence-corrected chi connectivity index (χ2v) is 6.43. The van der Waals surface area contributed by atoms with Crippen LogP contribution in [0.25, 0.3) is 10.9 Å². The molecule has 0 aliphatic heterocycles. The molecule has 0 fully saturated rings. The maximum absolute atomic E-state index is 4.44. The van der Waals surface area contributed by atoms with Gasteiger partial charge in [0.25, 0.3) is 0 Å². The zero-order chi connectivity index (χ0) is 14.5. The number of benzene rings is 2. The van der Waals surface area contributed by atoms with Crippen LogP contribution in [0.3, 0.4) is 0 Å². The average Bonchev–Trinajstić information content (AvgIpc) is 2.56. The standard InChI is InChI=1S/C17H15BrN2S/c18-10-14(13-6-2-1-3-7-13)11-21-17-15-8-4-5-9-16(15)19-12-20-17/h1-9,12,14H,10-11H2. The Balaban J connectivity index is 1.79. The first-order valence-electron chi connectivity index (χ1n) is 6.82. The van der Waals surface area contributed by atoms with Crippen LogP contribution in [0.2, 0.25) is 0 Å². The summed E-state index contributed by atoms with van der Waals surface area (Å²) in [7, 11) is 0. The molecule has 0 radical (unpaired) electrons. The zero-order valence-electron chi connectivity index (χ0n) is 11.4. The van der Waals surface area contributed by atoms with Gasteiger partial charge in [0.2, 0.25) is 0 Å². The van der Waals surface area contributed by atoms with E-state index < -0.39 is 0 Å². The molecule has 2 nitrogen and oxygen atoms in total. The van der Waals surface area contributed by atoms with Gasteiger partial charge in [-0.05, 0) is 11.6 Å². The van der Waals surface area contributed by atoms with Gasteiger partial charge in [-0.2, -0.15) is 0 Å². The minimum absolute atomic E-state index is 0.477. The molecule has 1 unspecified atom stereocenters. The first-order chi connectivity index (χ1) is 10.4. The average molecular weight is 359 g/mol. The van der Waals surface area contributed by atoms with Crippen LogP contribution in [0.5, 0.6) is 0 Å². The number of aromatic nitrogens is 2. The number of hydrogen-bond acceptors (Lipinski definition) is 3. The lowest BCUT2D eigenvalue weighted by Crippen LogP contribution is -2.03. The van der Waals surface area contributed by atoms with E-state index in [2.05, 4.69) is 62.3 Å². The fourth-order valence-electron chi connectivity index (χ4n) is 2.23. The summed E-state index contributed by atoms with van der Waals surface area (Å²) in [6.45, 7) is 0. The van der Waals surface area contributed by atoms with E-state index in [4.69, 9.17) is 0 Å². The predicted molar refractivity (Wildman–Crippen MR) is 93.2 cm³/mol. The summed E-state index contributed by atoms with van der Waals surface area (Å²) in [6.07, 6.45) is 1.65. The van der Waals surface area contributed by atoms with Crippen LogP contribution >= 0.6 is 27.7 Å². The van der Waals surface area contributed by atoms with Gasteiger partial charge in [-0.15, -0.1) is 11.8 Å². The Labute approximate surface area is 137 Å². The van der Waals surface area contributed by atoms with Gasteiger partial charge in [0.1, 0.15) is 11.4 Å². The lowest BCUT2D eigenvalue weighted by Gasteiger charge is -2.14. The minimum Gasteiger partial charge on any atom is -0.236 e. The first kappa shape index (κ1) is 14.5. The van der Waals surface area contributed by atoms with Crippen molar-refractivity contribution < 1.29 is 0 Å². The summed E-state index contributed by atoms with van der Waals surface area (Å²) in [5, 5.41) is 3.14. The molecule has 0 N–H and O–H groups in total. The van der Waals surface area contributed by atoms with Crippen molar-refractivity contribution in [3.8, 4) is 0 Å². The number of halogens is 1. The van der Waals surface area contributed by atoms with E-state index in [0.29, 0.717) is 5.92 Å². The highest BCUT2D eigenvalue weighted by Crippen LogP contribution is 2.30. The maximum Gasteiger partial charge on any atom is 0.117 e.